The number of nitrogens with zero attached hydrogens (tertiary/aromatic N) is 1. The van der Waals surface area contributed by atoms with Gasteiger partial charge in [-0.2, -0.15) is 5.10 Å². The molecule has 0 radical (unpaired) electrons. The molecule has 29 heavy (non-hydrogen) atoms. The van der Waals surface area contributed by atoms with Crippen molar-refractivity contribution in [2.75, 3.05) is 13.7 Å². The molecule has 9 heteroatoms. The summed E-state index contributed by atoms with van der Waals surface area (Å²) in [7, 11) is 1.39. The van der Waals surface area contributed by atoms with Crippen molar-refractivity contribution in [2.24, 2.45) is 5.10 Å². The van der Waals surface area contributed by atoms with Crippen LogP contribution in [0.1, 0.15) is 18.1 Å². The first-order chi connectivity index (χ1) is 13.9. The number of phenols is 1. The third-order valence-corrected chi connectivity index (χ3v) is 4.11. The van der Waals surface area contributed by atoms with Crippen LogP contribution < -0.4 is 15.5 Å². The van der Waals surface area contributed by atoms with E-state index >= 15 is 0 Å². The van der Waals surface area contributed by atoms with Crippen LogP contribution in [-0.2, 0) is 16.0 Å². The van der Waals surface area contributed by atoms with Gasteiger partial charge in [-0.15, -0.1) is 0 Å². The summed E-state index contributed by atoms with van der Waals surface area (Å²) in [5, 5.41) is 16.3. The zero-order valence-electron chi connectivity index (χ0n) is 16.0. The molecule has 0 saturated carbocycles. The fourth-order valence-electron chi connectivity index (χ4n) is 2.45. The minimum Gasteiger partial charge on any atom is -0.503 e. The monoisotopic (exact) mass is 419 g/mol. The molecule has 3 N–H and O–H groups in total. The Balaban J connectivity index is 2.09. The van der Waals surface area contributed by atoms with Gasteiger partial charge in [0, 0.05) is 6.42 Å². The summed E-state index contributed by atoms with van der Waals surface area (Å²) < 4.78 is 9.88. The molecule has 2 amide bonds. The van der Waals surface area contributed by atoms with Gasteiger partial charge in [0.15, 0.2) is 11.5 Å². The van der Waals surface area contributed by atoms with Gasteiger partial charge in [-0.25, -0.2) is 10.2 Å². The van der Waals surface area contributed by atoms with Crippen LogP contribution >= 0.6 is 11.6 Å². The zero-order chi connectivity index (χ0) is 21.2. The maximum atomic E-state index is 12.5. The summed E-state index contributed by atoms with van der Waals surface area (Å²) in [4.78, 5) is 24.3. The predicted octanol–water partition coefficient (Wildman–Crippen LogP) is 2.86. The predicted molar refractivity (Wildman–Crippen MR) is 109 cm³/mol. The lowest BCUT2D eigenvalue weighted by atomic mass is 10.1. The van der Waals surface area contributed by atoms with Gasteiger partial charge in [0.25, 0.3) is 5.91 Å². The van der Waals surface area contributed by atoms with E-state index < -0.39 is 18.0 Å². The second kappa shape index (κ2) is 10.9. The molecular formula is C20H22ClN3O5. The molecule has 2 rings (SSSR count). The van der Waals surface area contributed by atoms with Gasteiger partial charge < -0.3 is 19.9 Å². The first-order valence-electron chi connectivity index (χ1n) is 8.81. The lowest BCUT2D eigenvalue weighted by Crippen LogP contribution is -2.47. The van der Waals surface area contributed by atoms with Crippen molar-refractivity contribution >= 4 is 29.8 Å². The zero-order valence-corrected chi connectivity index (χ0v) is 16.8. The highest BCUT2D eigenvalue weighted by Gasteiger charge is 2.21. The SMILES string of the molecule is CCOC(=O)N[C@H](Cc1ccccc1)C(=O)N/N=C\c1cc(Cl)c(O)c(OC)c1. The molecule has 0 fully saturated rings. The van der Waals surface area contributed by atoms with E-state index in [4.69, 9.17) is 21.1 Å². The van der Waals surface area contributed by atoms with Crippen molar-refractivity contribution < 1.29 is 24.2 Å². The van der Waals surface area contributed by atoms with Gasteiger partial charge in [-0.3, -0.25) is 4.79 Å². The lowest BCUT2D eigenvalue weighted by molar-refractivity contribution is -0.123. The number of amides is 2. The molecule has 0 bridgehead atoms. The molecule has 0 heterocycles. The second-order valence-electron chi connectivity index (χ2n) is 5.89. The van der Waals surface area contributed by atoms with Gasteiger partial charge in [0.05, 0.1) is 25.0 Å². The number of benzene rings is 2. The van der Waals surface area contributed by atoms with Gasteiger partial charge in [-0.1, -0.05) is 41.9 Å². The first kappa shape index (κ1) is 22.0. The van der Waals surface area contributed by atoms with Crippen molar-refractivity contribution in [1.82, 2.24) is 10.7 Å². The smallest absolute Gasteiger partial charge is 0.407 e. The van der Waals surface area contributed by atoms with Crippen LogP contribution in [-0.4, -0.2) is 43.1 Å². The summed E-state index contributed by atoms with van der Waals surface area (Å²) in [6, 6.07) is 11.3. The highest BCUT2D eigenvalue weighted by Crippen LogP contribution is 2.34. The number of halogens is 1. The number of hydrogen-bond acceptors (Lipinski definition) is 6. The van der Waals surface area contributed by atoms with Crippen LogP contribution in [0.25, 0.3) is 0 Å². The molecule has 2 aromatic carbocycles. The molecule has 0 saturated heterocycles. The molecule has 154 valence electrons. The number of hydrogen-bond donors (Lipinski definition) is 3. The number of hydrazone groups is 1. The summed E-state index contributed by atoms with van der Waals surface area (Å²) in [6.45, 7) is 1.86. The average molecular weight is 420 g/mol. The van der Waals surface area contributed by atoms with Gasteiger partial charge >= 0.3 is 6.09 Å². The number of phenolic OH excluding ortho intramolecular Hbond substituents is 1. The average Bonchev–Trinajstić information content (AvgIpc) is 2.70. The Bertz CT molecular complexity index is 874. The molecule has 0 aliphatic rings. The number of alkyl carbamates (subject to hydrolysis) is 1. The van der Waals surface area contributed by atoms with E-state index in [1.807, 2.05) is 30.3 Å². The van der Waals surface area contributed by atoms with E-state index in [1.165, 1.54) is 25.5 Å². The summed E-state index contributed by atoms with van der Waals surface area (Å²) in [5.41, 5.74) is 3.75. The third kappa shape index (κ3) is 6.69. The minimum atomic E-state index is -0.883. The Labute approximate surface area is 173 Å². The Hall–Kier alpha value is -3.26. The number of methoxy groups -OCH3 is 1. The highest BCUT2D eigenvalue weighted by molar-refractivity contribution is 6.32. The molecule has 8 nitrogen and oxygen atoms in total. The van der Waals surface area contributed by atoms with Crippen LogP contribution in [0.2, 0.25) is 5.02 Å². The summed E-state index contributed by atoms with van der Waals surface area (Å²) in [6.07, 6.45) is 0.915. The molecule has 2 aromatic rings. The minimum absolute atomic E-state index is 0.0862. The van der Waals surface area contributed by atoms with E-state index in [-0.39, 0.29) is 29.5 Å². The van der Waals surface area contributed by atoms with Crippen LogP contribution in [0.15, 0.2) is 47.6 Å². The van der Waals surface area contributed by atoms with Crippen LogP contribution in [0.5, 0.6) is 11.5 Å². The van der Waals surface area contributed by atoms with Crippen molar-refractivity contribution in [3.8, 4) is 11.5 Å². The number of ether oxygens (including phenoxy) is 2. The number of aromatic hydroxyl groups is 1. The van der Waals surface area contributed by atoms with E-state index in [2.05, 4.69) is 15.8 Å². The Kier molecular flexibility index (Phi) is 8.29. The van der Waals surface area contributed by atoms with Crippen molar-refractivity contribution in [3.05, 3.63) is 58.6 Å². The molecule has 0 aliphatic heterocycles. The lowest BCUT2D eigenvalue weighted by Gasteiger charge is -2.16. The van der Waals surface area contributed by atoms with E-state index in [1.54, 1.807) is 6.92 Å². The maximum absolute atomic E-state index is 12.5. The maximum Gasteiger partial charge on any atom is 0.407 e. The summed E-state index contributed by atoms with van der Waals surface area (Å²) >= 11 is 5.93. The van der Waals surface area contributed by atoms with Gasteiger partial charge in [0.1, 0.15) is 6.04 Å². The summed E-state index contributed by atoms with van der Waals surface area (Å²) in [5.74, 6) is -0.525. The van der Waals surface area contributed by atoms with E-state index in [9.17, 15) is 14.7 Å². The molecule has 0 unspecified atom stereocenters. The largest absolute Gasteiger partial charge is 0.503 e. The number of carbonyl (C=O) groups excluding carboxylic acids is 2. The third-order valence-electron chi connectivity index (χ3n) is 3.83. The number of rotatable bonds is 8. The topological polar surface area (TPSA) is 109 Å². The van der Waals surface area contributed by atoms with E-state index in [0.717, 1.165) is 5.56 Å². The second-order valence-corrected chi connectivity index (χ2v) is 6.30. The van der Waals surface area contributed by atoms with Crippen LogP contribution in [0.4, 0.5) is 4.79 Å². The Morgan fingerprint density at radius 1 is 1.28 bits per heavy atom. The highest BCUT2D eigenvalue weighted by atomic mass is 35.5. The van der Waals surface area contributed by atoms with Gasteiger partial charge in [-0.05, 0) is 30.2 Å². The van der Waals surface area contributed by atoms with Crippen molar-refractivity contribution in [3.63, 3.8) is 0 Å². The fourth-order valence-corrected chi connectivity index (χ4v) is 2.67. The van der Waals surface area contributed by atoms with Crippen LogP contribution in [0, 0.1) is 0 Å². The van der Waals surface area contributed by atoms with Crippen molar-refractivity contribution in [2.45, 2.75) is 19.4 Å². The van der Waals surface area contributed by atoms with Crippen LogP contribution in [0.3, 0.4) is 0 Å². The first-order valence-corrected chi connectivity index (χ1v) is 9.19. The Morgan fingerprint density at radius 2 is 2.00 bits per heavy atom. The molecule has 1 atom stereocenters. The number of carbonyl (C=O) groups is 2. The molecule has 0 aromatic heterocycles. The quantitative estimate of drug-likeness (QED) is 0.450. The van der Waals surface area contributed by atoms with E-state index in [0.29, 0.717) is 5.56 Å². The normalized spacial score (nSPS) is 11.7. The van der Waals surface area contributed by atoms with Crippen molar-refractivity contribution in [1.29, 1.82) is 0 Å². The molecule has 0 spiro atoms. The molecular weight excluding hydrogens is 398 g/mol. The Morgan fingerprint density at radius 3 is 2.66 bits per heavy atom. The number of nitrogens with one attached hydrogen (secondary N) is 2. The van der Waals surface area contributed by atoms with Gasteiger partial charge in [0.2, 0.25) is 0 Å². The fraction of sp³-hybridized carbons (Fsp3) is 0.250. The standard InChI is InChI=1S/C20H22ClN3O5/c1-3-29-20(27)23-16(10-13-7-5-4-6-8-13)19(26)24-22-12-14-9-15(21)18(25)17(11-14)28-2/h4-9,11-12,16,25H,3,10H2,1-2H3,(H,23,27)(H,24,26)/b22-12-/t16-/m1/s1. The molecule has 0 aliphatic carbocycles.